The summed E-state index contributed by atoms with van der Waals surface area (Å²) in [6.07, 6.45) is 5.49. The molecule has 0 aromatic rings. The first-order valence-electron chi connectivity index (χ1n) is 5.49. The molecule has 0 N–H and O–H groups in total. The SMILES string of the molecule is CC1=CCC(C)(C)C2(CC1)OCCO2. The van der Waals surface area contributed by atoms with Crippen LogP contribution in [0, 0.1) is 5.41 Å². The fraction of sp³-hybridized carbons (Fsp3) is 0.833. The van der Waals surface area contributed by atoms with Crippen LogP contribution in [0.25, 0.3) is 0 Å². The Bertz CT molecular complexity index is 247. The summed E-state index contributed by atoms with van der Waals surface area (Å²) in [5.74, 6) is -0.318. The molecule has 0 bridgehead atoms. The van der Waals surface area contributed by atoms with Crippen molar-refractivity contribution in [3.8, 4) is 0 Å². The molecular weight excluding hydrogens is 176 g/mol. The minimum Gasteiger partial charge on any atom is -0.347 e. The van der Waals surface area contributed by atoms with Gasteiger partial charge in [-0.1, -0.05) is 25.5 Å². The van der Waals surface area contributed by atoms with Crippen molar-refractivity contribution in [3.63, 3.8) is 0 Å². The Balaban J connectivity index is 2.24. The van der Waals surface area contributed by atoms with Crippen LogP contribution in [0.2, 0.25) is 0 Å². The lowest BCUT2D eigenvalue weighted by molar-refractivity contribution is -0.229. The van der Waals surface area contributed by atoms with E-state index < -0.39 is 0 Å². The van der Waals surface area contributed by atoms with Gasteiger partial charge in [0.25, 0.3) is 0 Å². The maximum absolute atomic E-state index is 5.87. The Hall–Kier alpha value is -0.340. The van der Waals surface area contributed by atoms with Gasteiger partial charge < -0.3 is 9.47 Å². The molecule has 14 heavy (non-hydrogen) atoms. The molecule has 1 fully saturated rings. The minimum absolute atomic E-state index is 0.0985. The summed E-state index contributed by atoms with van der Waals surface area (Å²) in [6, 6.07) is 0. The fourth-order valence-electron chi connectivity index (χ4n) is 2.38. The van der Waals surface area contributed by atoms with Gasteiger partial charge in [0.05, 0.1) is 13.2 Å². The average molecular weight is 196 g/mol. The van der Waals surface area contributed by atoms with Gasteiger partial charge in [-0.05, 0) is 19.8 Å². The Morgan fingerprint density at radius 2 is 1.86 bits per heavy atom. The number of ether oxygens (including phenoxy) is 2. The number of allylic oxidation sites excluding steroid dienone is 2. The van der Waals surface area contributed by atoms with Gasteiger partial charge in [0.2, 0.25) is 0 Å². The highest BCUT2D eigenvalue weighted by molar-refractivity contribution is 5.08. The molecule has 1 spiro atoms. The third-order valence-electron chi connectivity index (χ3n) is 3.59. The Morgan fingerprint density at radius 3 is 2.50 bits per heavy atom. The zero-order valence-electron chi connectivity index (χ0n) is 9.43. The lowest BCUT2D eigenvalue weighted by Gasteiger charge is -2.40. The summed E-state index contributed by atoms with van der Waals surface area (Å²) in [4.78, 5) is 0. The first kappa shape index (κ1) is 10.2. The second-order valence-corrected chi connectivity index (χ2v) is 5.09. The molecule has 0 amide bonds. The molecule has 0 saturated carbocycles. The molecule has 80 valence electrons. The number of rotatable bonds is 0. The van der Waals surface area contributed by atoms with Gasteiger partial charge in [0.15, 0.2) is 5.79 Å². The zero-order chi connectivity index (χ0) is 10.2. The topological polar surface area (TPSA) is 18.5 Å². The van der Waals surface area contributed by atoms with E-state index in [1.165, 1.54) is 5.57 Å². The first-order chi connectivity index (χ1) is 6.56. The van der Waals surface area contributed by atoms with Gasteiger partial charge in [0, 0.05) is 11.8 Å². The van der Waals surface area contributed by atoms with Crippen LogP contribution in [-0.4, -0.2) is 19.0 Å². The standard InChI is InChI=1S/C12H20O2/c1-10-4-6-11(2,3)12(7-5-10)13-8-9-14-12/h4H,5-9H2,1-3H3. The maximum atomic E-state index is 5.87. The number of hydrogen-bond donors (Lipinski definition) is 0. The van der Waals surface area contributed by atoms with E-state index in [1.807, 2.05) is 0 Å². The quantitative estimate of drug-likeness (QED) is 0.555. The van der Waals surface area contributed by atoms with Crippen molar-refractivity contribution in [2.24, 2.45) is 5.41 Å². The third kappa shape index (κ3) is 1.51. The van der Waals surface area contributed by atoms with Crippen molar-refractivity contribution in [2.45, 2.75) is 45.8 Å². The lowest BCUT2D eigenvalue weighted by atomic mass is 9.79. The van der Waals surface area contributed by atoms with Gasteiger partial charge in [-0.2, -0.15) is 0 Å². The smallest absolute Gasteiger partial charge is 0.174 e. The lowest BCUT2D eigenvalue weighted by Crippen LogP contribution is -2.45. The molecule has 2 rings (SSSR count). The highest BCUT2D eigenvalue weighted by Gasteiger charge is 2.49. The highest BCUT2D eigenvalue weighted by Crippen LogP contribution is 2.46. The van der Waals surface area contributed by atoms with Crippen molar-refractivity contribution in [1.82, 2.24) is 0 Å². The summed E-state index contributed by atoms with van der Waals surface area (Å²) < 4.78 is 11.7. The second kappa shape index (κ2) is 3.35. The van der Waals surface area contributed by atoms with Crippen molar-refractivity contribution in [2.75, 3.05) is 13.2 Å². The van der Waals surface area contributed by atoms with E-state index in [4.69, 9.17) is 9.47 Å². The molecular formula is C12H20O2. The van der Waals surface area contributed by atoms with Gasteiger partial charge in [-0.3, -0.25) is 0 Å². The molecule has 2 nitrogen and oxygen atoms in total. The summed E-state index contributed by atoms with van der Waals surface area (Å²) in [5, 5.41) is 0. The molecule has 0 aromatic heterocycles. The van der Waals surface area contributed by atoms with Gasteiger partial charge in [-0.25, -0.2) is 0 Å². The molecule has 1 aliphatic carbocycles. The summed E-state index contributed by atoms with van der Waals surface area (Å²) in [6.45, 7) is 8.19. The van der Waals surface area contributed by atoms with Crippen LogP contribution in [-0.2, 0) is 9.47 Å². The zero-order valence-corrected chi connectivity index (χ0v) is 9.43. The van der Waals surface area contributed by atoms with Crippen LogP contribution in [0.3, 0.4) is 0 Å². The van der Waals surface area contributed by atoms with Crippen molar-refractivity contribution in [1.29, 1.82) is 0 Å². The van der Waals surface area contributed by atoms with Crippen LogP contribution >= 0.6 is 0 Å². The first-order valence-corrected chi connectivity index (χ1v) is 5.49. The summed E-state index contributed by atoms with van der Waals surface area (Å²) >= 11 is 0. The Kier molecular flexibility index (Phi) is 2.44. The monoisotopic (exact) mass is 196 g/mol. The van der Waals surface area contributed by atoms with Crippen molar-refractivity contribution >= 4 is 0 Å². The minimum atomic E-state index is -0.318. The molecule has 1 heterocycles. The van der Waals surface area contributed by atoms with E-state index >= 15 is 0 Å². The van der Waals surface area contributed by atoms with Crippen LogP contribution in [0.15, 0.2) is 11.6 Å². The Morgan fingerprint density at radius 1 is 1.21 bits per heavy atom. The van der Waals surface area contributed by atoms with Crippen LogP contribution in [0.5, 0.6) is 0 Å². The highest BCUT2D eigenvalue weighted by atomic mass is 16.7. The van der Waals surface area contributed by atoms with Gasteiger partial charge in [-0.15, -0.1) is 0 Å². The van der Waals surface area contributed by atoms with Gasteiger partial charge in [0.1, 0.15) is 0 Å². The largest absolute Gasteiger partial charge is 0.347 e. The predicted molar refractivity (Wildman–Crippen MR) is 56.0 cm³/mol. The molecule has 1 aliphatic heterocycles. The van der Waals surface area contributed by atoms with E-state index in [1.54, 1.807) is 0 Å². The van der Waals surface area contributed by atoms with E-state index in [-0.39, 0.29) is 11.2 Å². The molecule has 0 atom stereocenters. The predicted octanol–water partition coefficient (Wildman–Crippen LogP) is 2.89. The summed E-state index contributed by atoms with van der Waals surface area (Å²) in [7, 11) is 0. The molecule has 0 radical (unpaired) electrons. The molecule has 2 aliphatic rings. The van der Waals surface area contributed by atoms with E-state index in [0.29, 0.717) is 0 Å². The van der Waals surface area contributed by atoms with E-state index in [0.717, 1.165) is 32.5 Å². The van der Waals surface area contributed by atoms with Crippen molar-refractivity contribution < 1.29 is 9.47 Å². The van der Waals surface area contributed by atoms with E-state index in [9.17, 15) is 0 Å². The normalized spacial score (nSPS) is 30.1. The maximum Gasteiger partial charge on any atom is 0.174 e. The molecule has 0 unspecified atom stereocenters. The Labute approximate surface area is 86.3 Å². The third-order valence-corrected chi connectivity index (χ3v) is 3.59. The van der Waals surface area contributed by atoms with Crippen LogP contribution in [0.1, 0.15) is 40.0 Å². The molecule has 2 heteroatoms. The summed E-state index contributed by atoms with van der Waals surface area (Å²) in [5.41, 5.74) is 1.57. The van der Waals surface area contributed by atoms with Crippen molar-refractivity contribution in [3.05, 3.63) is 11.6 Å². The fourth-order valence-corrected chi connectivity index (χ4v) is 2.38. The number of hydrogen-bond acceptors (Lipinski definition) is 2. The molecule has 1 saturated heterocycles. The van der Waals surface area contributed by atoms with Crippen LogP contribution < -0.4 is 0 Å². The van der Waals surface area contributed by atoms with Gasteiger partial charge >= 0.3 is 0 Å². The second-order valence-electron chi connectivity index (χ2n) is 5.09. The van der Waals surface area contributed by atoms with E-state index in [2.05, 4.69) is 26.8 Å². The van der Waals surface area contributed by atoms with Crippen LogP contribution in [0.4, 0.5) is 0 Å². The molecule has 0 aromatic carbocycles. The average Bonchev–Trinajstić information content (AvgIpc) is 2.57.